The van der Waals surface area contributed by atoms with Crippen LogP contribution in [0.15, 0.2) is 22.8 Å². The molecule has 1 aromatic heterocycles. The van der Waals surface area contributed by atoms with Gasteiger partial charge in [-0.3, -0.25) is 14.5 Å². The smallest absolute Gasteiger partial charge is 0.249 e. The summed E-state index contributed by atoms with van der Waals surface area (Å²) >= 11 is 0. The van der Waals surface area contributed by atoms with Gasteiger partial charge < -0.3 is 9.52 Å². The van der Waals surface area contributed by atoms with Gasteiger partial charge in [0.25, 0.3) is 0 Å². The third kappa shape index (κ3) is 3.03. The van der Waals surface area contributed by atoms with Crippen LogP contribution in [-0.4, -0.2) is 53.3 Å². The van der Waals surface area contributed by atoms with Crippen molar-refractivity contribution >= 4 is 5.91 Å². The Kier molecular flexibility index (Phi) is 4.05. The first-order valence-electron chi connectivity index (χ1n) is 7.09. The number of amides is 1. The number of furan rings is 1. The van der Waals surface area contributed by atoms with Gasteiger partial charge in [-0.25, -0.2) is 5.06 Å². The molecule has 3 heterocycles. The highest BCUT2D eigenvalue weighted by Crippen LogP contribution is 2.22. The molecule has 0 unspecified atom stereocenters. The fraction of sp³-hybridized carbons (Fsp3) is 0.643. The van der Waals surface area contributed by atoms with Gasteiger partial charge in [-0.1, -0.05) is 0 Å². The molecule has 1 N–H and O–H groups in total. The van der Waals surface area contributed by atoms with Crippen LogP contribution in [0.1, 0.15) is 18.6 Å². The van der Waals surface area contributed by atoms with E-state index in [4.69, 9.17) is 9.25 Å². The van der Waals surface area contributed by atoms with Crippen molar-refractivity contribution in [3.8, 4) is 0 Å². The molecule has 2 saturated heterocycles. The molecule has 110 valence electrons. The second-order valence-electron chi connectivity index (χ2n) is 5.48. The van der Waals surface area contributed by atoms with Gasteiger partial charge in [-0.2, -0.15) is 0 Å². The molecule has 2 aliphatic heterocycles. The number of nitrogens with zero attached hydrogens (tertiary/aromatic N) is 2. The summed E-state index contributed by atoms with van der Waals surface area (Å²) in [6.07, 6.45) is 2.80. The maximum absolute atomic E-state index is 12.2. The summed E-state index contributed by atoms with van der Waals surface area (Å²) in [5.74, 6) is 0.980. The van der Waals surface area contributed by atoms with Crippen molar-refractivity contribution in [2.75, 3.05) is 26.2 Å². The highest BCUT2D eigenvalue weighted by Gasteiger charge is 2.33. The van der Waals surface area contributed by atoms with Gasteiger partial charge >= 0.3 is 0 Å². The first-order chi connectivity index (χ1) is 9.72. The van der Waals surface area contributed by atoms with Crippen molar-refractivity contribution in [3.05, 3.63) is 24.2 Å². The van der Waals surface area contributed by atoms with Crippen LogP contribution in [0, 0.1) is 5.92 Å². The van der Waals surface area contributed by atoms with Crippen LogP contribution in [0.25, 0.3) is 0 Å². The minimum Gasteiger partial charge on any atom is -0.468 e. The van der Waals surface area contributed by atoms with Gasteiger partial charge in [0.05, 0.1) is 25.5 Å². The number of piperidine rings is 1. The topological polar surface area (TPSA) is 66.2 Å². The van der Waals surface area contributed by atoms with E-state index in [2.05, 4.69) is 4.90 Å². The van der Waals surface area contributed by atoms with Crippen molar-refractivity contribution < 1.29 is 19.2 Å². The Labute approximate surface area is 117 Å². The summed E-state index contributed by atoms with van der Waals surface area (Å²) in [5, 5.41) is 10.7. The van der Waals surface area contributed by atoms with Crippen LogP contribution in [0.2, 0.25) is 0 Å². The standard InChI is InChI=1S/C14H20N2O4/c17-12-8-16(20-10-12)14(18)11-3-5-15(6-4-11)9-13-2-1-7-19-13/h1-2,7,11-12,17H,3-6,8-10H2/t12-/m0/s1. The molecular weight excluding hydrogens is 260 g/mol. The molecule has 1 amide bonds. The van der Waals surface area contributed by atoms with Crippen molar-refractivity contribution in [2.24, 2.45) is 5.92 Å². The number of hydrogen-bond acceptors (Lipinski definition) is 5. The third-order valence-electron chi connectivity index (χ3n) is 3.94. The van der Waals surface area contributed by atoms with Crippen LogP contribution in [-0.2, 0) is 16.2 Å². The number of aliphatic hydroxyl groups excluding tert-OH is 1. The number of carbonyl (C=O) groups excluding carboxylic acids is 1. The van der Waals surface area contributed by atoms with Crippen LogP contribution in [0.5, 0.6) is 0 Å². The number of carbonyl (C=O) groups is 1. The quantitative estimate of drug-likeness (QED) is 0.879. The molecule has 1 atom stereocenters. The molecular formula is C14H20N2O4. The van der Waals surface area contributed by atoms with Gasteiger partial charge in [0.15, 0.2) is 0 Å². The molecule has 2 aliphatic rings. The van der Waals surface area contributed by atoms with E-state index in [1.165, 1.54) is 5.06 Å². The molecule has 0 bridgehead atoms. The van der Waals surface area contributed by atoms with E-state index in [1.54, 1.807) is 6.26 Å². The predicted molar refractivity (Wildman–Crippen MR) is 70.4 cm³/mol. The molecule has 6 nitrogen and oxygen atoms in total. The summed E-state index contributed by atoms with van der Waals surface area (Å²) in [4.78, 5) is 19.7. The summed E-state index contributed by atoms with van der Waals surface area (Å²) in [7, 11) is 0. The van der Waals surface area contributed by atoms with Crippen molar-refractivity contribution in [2.45, 2.75) is 25.5 Å². The Morgan fingerprint density at radius 3 is 2.80 bits per heavy atom. The Hall–Kier alpha value is -1.37. The molecule has 2 fully saturated rings. The molecule has 0 aliphatic carbocycles. The lowest BCUT2D eigenvalue weighted by Crippen LogP contribution is -2.41. The van der Waals surface area contributed by atoms with Gasteiger partial charge in [-0.05, 0) is 38.1 Å². The van der Waals surface area contributed by atoms with E-state index in [1.807, 2.05) is 12.1 Å². The monoisotopic (exact) mass is 280 g/mol. The Balaban J connectivity index is 1.47. The average molecular weight is 280 g/mol. The molecule has 0 radical (unpaired) electrons. The molecule has 0 spiro atoms. The highest BCUT2D eigenvalue weighted by molar-refractivity contribution is 5.78. The molecule has 3 rings (SSSR count). The minimum absolute atomic E-state index is 0.00755. The highest BCUT2D eigenvalue weighted by atomic mass is 16.7. The van der Waals surface area contributed by atoms with Crippen molar-refractivity contribution in [1.29, 1.82) is 0 Å². The first kappa shape index (κ1) is 13.6. The Bertz CT molecular complexity index is 440. The summed E-state index contributed by atoms with van der Waals surface area (Å²) < 4.78 is 5.34. The zero-order valence-electron chi connectivity index (χ0n) is 11.4. The number of aliphatic hydroxyl groups is 1. The lowest BCUT2D eigenvalue weighted by Gasteiger charge is -2.32. The van der Waals surface area contributed by atoms with Crippen molar-refractivity contribution in [3.63, 3.8) is 0 Å². The SMILES string of the molecule is O=C(C1CCN(Cc2ccco2)CC1)N1C[C@H](O)CO1. The number of β-amino-alcohol motifs (C(OH)–C–C–N with tert-alkyl or cyclic N) is 1. The summed E-state index contributed by atoms with van der Waals surface area (Å²) in [5.41, 5.74) is 0. The van der Waals surface area contributed by atoms with Crippen LogP contribution in [0.4, 0.5) is 0 Å². The summed E-state index contributed by atoms with van der Waals surface area (Å²) in [6.45, 7) is 3.09. The van der Waals surface area contributed by atoms with Gasteiger partial charge in [0.1, 0.15) is 12.4 Å². The normalized spacial score (nSPS) is 25.2. The first-order valence-corrected chi connectivity index (χ1v) is 7.09. The fourth-order valence-electron chi connectivity index (χ4n) is 2.79. The van der Waals surface area contributed by atoms with Crippen LogP contribution in [0.3, 0.4) is 0 Å². The van der Waals surface area contributed by atoms with E-state index in [-0.39, 0.29) is 18.4 Å². The number of hydroxylamine groups is 2. The second kappa shape index (κ2) is 5.95. The average Bonchev–Trinajstić information content (AvgIpc) is 3.10. The predicted octanol–water partition coefficient (Wildman–Crippen LogP) is 0.626. The lowest BCUT2D eigenvalue weighted by atomic mass is 9.95. The van der Waals surface area contributed by atoms with E-state index in [0.29, 0.717) is 6.54 Å². The molecule has 0 aromatic carbocycles. The second-order valence-corrected chi connectivity index (χ2v) is 5.48. The zero-order chi connectivity index (χ0) is 13.9. The minimum atomic E-state index is -0.544. The maximum atomic E-state index is 12.2. The Morgan fingerprint density at radius 1 is 1.40 bits per heavy atom. The summed E-state index contributed by atoms with van der Waals surface area (Å²) in [6, 6.07) is 3.86. The van der Waals surface area contributed by atoms with Gasteiger partial charge in [0, 0.05) is 5.92 Å². The largest absolute Gasteiger partial charge is 0.468 e. The van der Waals surface area contributed by atoms with Gasteiger partial charge in [0.2, 0.25) is 5.91 Å². The maximum Gasteiger partial charge on any atom is 0.249 e. The molecule has 1 aromatic rings. The van der Waals surface area contributed by atoms with E-state index in [9.17, 15) is 9.90 Å². The van der Waals surface area contributed by atoms with Crippen LogP contribution >= 0.6 is 0 Å². The van der Waals surface area contributed by atoms with E-state index < -0.39 is 6.10 Å². The van der Waals surface area contributed by atoms with Crippen molar-refractivity contribution in [1.82, 2.24) is 9.96 Å². The third-order valence-corrected chi connectivity index (χ3v) is 3.94. The number of likely N-dealkylation sites (tertiary alicyclic amines) is 1. The molecule has 20 heavy (non-hydrogen) atoms. The molecule has 0 saturated carbocycles. The number of hydrogen-bond donors (Lipinski definition) is 1. The van der Waals surface area contributed by atoms with E-state index in [0.717, 1.165) is 38.2 Å². The zero-order valence-corrected chi connectivity index (χ0v) is 11.4. The van der Waals surface area contributed by atoms with Gasteiger partial charge in [-0.15, -0.1) is 0 Å². The number of rotatable bonds is 3. The molecule has 6 heteroatoms. The fourth-order valence-corrected chi connectivity index (χ4v) is 2.79. The van der Waals surface area contributed by atoms with E-state index >= 15 is 0 Å². The Morgan fingerprint density at radius 2 is 2.20 bits per heavy atom. The van der Waals surface area contributed by atoms with Crippen LogP contribution < -0.4 is 0 Å². The lowest BCUT2D eigenvalue weighted by molar-refractivity contribution is -0.175.